The number of carboxylic acids is 2. The van der Waals surface area contributed by atoms with Crippen LogP contribution < -0.4 is 17.2 Å². The second-order valence-electron chi connectivity index (χ2n) is 5.75. The zero-order chi connectivity index (χ0) is 21.9. The quantitative estimate of drug-likeness (QED) is 0.0708. The van der Waals surface area contributed by atoms with Gasteiger partial charge < -0.3 is 36.9 Å². The second-order valence-corrected chi connectivity index (χ2v) is 5.75. The molecule has 0 fully saturated rings. The summed E-state index contributed by atoms with van der Waals surface area (Å²) in [4.78, 5) is 66.9. The zero-order valence-electron chi connectivity index (χ0n) is 14.9. The van der Waals surface area contributed by atoms with Crippen molar-refractivity contribution < 1.29 is 48.5 Å². The van der Waals surface area contributed by atoms with Crippen LogP contribution in [0.25, 0.3) is 0 Å². The number of hydrogen-bond donors (Lipinski definition) is 5. The van der Waals surface area contributed by atoms with Gasteiger partial charge in [0.05, 0.1) is 0 Å². The minimum absolute atomic E-state index is 0. The van der Waals surface area contributed by atoms with E-state index >= 15 is 0 Å². The molecule has 0 radical (unpaired) electrons. The molecule has 8 N–H and O–H groups in total. The number of hydrogen-bond acceptors (Lipinski definition) is 11. The van der Waals surface area contributed by atoms with Gasteiger partial charge in [0.15, 0.2) is 0 Å². The van der Waals surface area contributed by atoms with E-state index in [0.717, 1.165) is 0 Å². The number of carbonyl (C=O) groups excluding carboxylic acids is 4. The molecule has 174 valence electrons. The van der Waals surface area contributed by atoms with E-state index in [9.17, 15) is 28.8 Å². The van der Waals surface area contributed by atoms with Crippen LogP contribution in [0.1, 0.15) is 38.5 Å². The molecule has 3 atom stereocenters. The normalized spacial score (nSPS) is 12.0. The van der Waals surface area contributed by atoms with Crippen molar-refractivity contribution in [3.63, 3.8) is 0 Å². The summed E-state index contributed by atoms with van der Waals surface area (Å²) in [5, 5.41) is 17.1. The summed E-state index contributed by atoms with van der Waals surface area (Å²) in [6.45, 7) is 0. The van der Waals surface area contributed by atoms with Crippen molar-refractivity contribution in [3.05, 3.63) is 0 Å². The number of nitrogens with two attached hydrogens (primary N) is 3. The Balaban J connectivity index is -0.000000607. The first kappa shape index (κ1) is 45.0. The molecular weight excluding hydrogens is 733 g/mol. The number of carboxylic acid groups (broad SMARTS) is 2. The summed E-state index contributed by atoms with van der Waals surface area (Å²) in [5.41, 5.74) is 15.9. The van der Waals surface area contributed by atoms with Gasteiger partial charge in [0, 0.05) is 19.3 Å². The summed E-state index contributed by atoms with van der Waals surface area (Å²) in [5.74, 6) is -6.76. The number of rotatable bonds is 12. The van der Waals surface area contributed by atoms with Gasteiger partial charge in [-0.3, -0.25) is 24.0 Å². The fourth-order valence-electron chi connectivity index (χ4n) is 1.65. The fraction of sp³-hybridized carbons (Fsp3) is 0.600. The van der Waals surface area contributed by atoms with E-state index in [1.807, 2.05) is 0 Å². The predicted octanol–water partition coefficient (Wildman–Crippen LogP) is -6.05. The van der Waals surface area contributed by atoms with E-state index in [0.29, 0.717) is 0 Å². The van der Waals surface area contributed by atoms with Gasteiger partial charge in [-0.2, -0.15) is 0 Å². The van der Waals surface area contributed by atoms with Gasteiger partial charge in [0.1, 0.15) is 18.1 Å². The van der Waals surface area contributed by atoms with Crippen LogP contribution in [0.3, 0.4) is 0 Å². The Bertz CT molecular complexity index is 639. The van der Waals surface area contributed by atoms with Crippen LogP contribution in [0.15, 0.2) is 0 Å². The molecule has 0 saturated carbocycles. The molecule has 0 aromatic rings. The Labute approximate surface area is 332 Å². The maximum atomic E-state index is 11.6. The number of aliphatic carboxylic acids is 2. The molecule has 17 heteroatoms. The third-order valence-electron chi connectivity index (χ3n) is 3.36. The topological polar surface area (TPSA) is 239 Å². The predicted molar refractivity (Wildman–Crippen MR) is 123 cm³/mol. The van der Waals surface area contributed by atoms with E-state index in [1.54, 1.807) is 0 Å². The summed E-state index contributed by atoms with van der Waals surface area (Å²) >= 11 is 0. The Hall–Kier alpha value is 3.02. The molecular formula is C15H31N3O10Sr4. The average molecular weight is 764 g/mol. The van der Waals surface area contributed by atoms with Crippen molar-refractivity contribution in [1.29, 1.82) is 0 Å². The molecule has 0 aromatic carbocycles. The molecule has 0 spiro atoms. The van der Waals surface area contributed by atoms with Gasteiger partial charge in [-0.15, -0.1) is 0 Å². The number of esters is 4. The van der Waals surface area contributed by atoms with E-state index < -0.39 is 66.8 Å². The van der Waals surface area contributed by atoms with Gasteiger partial charge in [0.25, 0.3) is 0 Å². The molecule has 0 aliphatic rings. The van der Waals surface area contributed by atoms with Crippen LogP contribution in [0.2, 0.25) is 0 Å². The molecule has 0 heterocycles. The number of ether oxygens (including phenoxy) is 2. The third kappa shape index (κ3) is 23.4. The van der Waals surface area contributed by atoms with Crippen molar-refractivity contribution in [2.45, 2.75) is 56.7 Å². The number of carbonyl (C=O) groups is 6. The zero-order valence-corrected chi connectivity index (χ0v) is 14.9. The van der Waals surface area contributed by atoms with E-state index in [-0.39, 0.29) is 208 Å². The van der Waals surface area contributed by atoms with E-state index in [1.165, 1.54) is 0 Å². The first-order valence-corrected chi connectivity index (χ1v) is 8.14. The molecule has 0 aromatic heterocycles. The van der Waals surface area contributed by atoms with Gasteiger partial charge in [-0.1, -0.05) is 0 Å². The van der Waals surface area contributed by atoms with Crippen molar-refractivity contribution in [1.82, 2.24) is 0 Å². The molecule has 32 heavy (non-hydrogen) atoms. The van der Waals surface area contributed by atoms with Crippen LogP contribution in [0.5, 0.6) is 0 Å². The van der Waals surface area contributed by atoms with Crippen molar-refractivity contribution >= 4 is 218 Å². The van der Waals surface area contributed by atoms with Crippen LogP contribution in [0.4, 0.5) is 0 Å². The van der Waals surface area contributed by atoms with Crippen molar-refractivity contribution in [2.75, 3.05) is 0 Å². The van der Waals surface area contributed by atoms with Crippen LogP contribution in [0, 0.1) is 0 Å². The SMILES string of the molecule is N[C@H](CCC(=O)OC(=O)CC[C@@H](N)C(=O)OC(=O)CC[C@@H](N)C(=O)O)C(=O)O.[SrH2].[SrH2].[SrH2].[SrH2]. The van der Waals surface area contributed by atoms with Crippen LogP contribution in [-0.4, -0.2) is 246 Å². The molecule has 0 bridgehead atoms. The van der Waals surface area contributed by atoms with Crippen LogP contribution in [-0.2, 0) is 38.2 Å². The molecule has 0 saturated heterocycles. The van der Waals surface area contributed by atoms with Gasteiger partial charge in [-0.05, 0) is 19.3 Å². The molecule has 0 amide bonds. The van der Waals surface area contributed by atoms with Gasteiger partial charge >= 0.3 is 218 Å². The molecule has 0 rings (SSSR count). The summed E-state index contributed by atoms with van der Waals surface area (Å²) in [6, 6.07) is -3.91. The van der Waals surface area contributed by atoms with Gasteiger partial charge in [0.2, 0.25) is 0 Å². The molecule has 13 nitrogen and oxygen atoms in total. The average Bonchev–Trinajstić information content (AvgIpc) is 2.61. The van der Waals surface area contributed by atoms with Crippen LogP contribution >= 0.6 is 0 Å². The van der Waals surface area contributed by atoms with Crippen molar-refractivity contribution in [2.24, 2.45) is 17.2 Å². The summed E-state index contributed by atoms with van der Waals surface area (Å²) in [6.07, 6.45) is -1.99. The molecule has 0 unspecified atom stereocenters. The second kappa shape index (κ2) is 25.7. The van der Waals surface area contributed by atoms with E-state index in [2.05, 4.69) is 9.47 Å². The van der Waals surface area contributed by atoms with Gasteiger partial charge in [-0.25, -0.2) is 4.79 Å². The first-order valence-electron chi connectivity index (χ1n) is 8.14. The molecule has 0 aliphatic heterocycles. The Kier molecular flexibility index (Phi) is 36.1. The fourth-order valence-corrected chi connectivity index (χ4v) is 1.65. The van der Waals surface area contributed by atoms with E-state index in [4.69, 9.17) is 27.4 Å². The third-order valence-corrected chi connectivity index (χ3v) is 3.36. The summed E-state index contributed by atoms with van der Waals surface area (Å²) < 4.78 is 8.81. The standard InChI is InChI=1S/C15H23N3O10.4Sr.8H/c16-7(13(22)23)1-4-10(19)27-11(20)6-3-9(18)15(26)28-12(21)5-2-8(17)14(24)25;;;;;;;;;;;;/h7-9H,1-6,16-18H2,(H,22,23)(H,24,25);;;;;;;;;;;;/t7-,8-,9-;;;;;;;;;;;;/m1............/s1. The summed E-state index contributed by atoms with van der Waals surface area (Å²) in [7, 11) is 0. The molecule has 0 aliphatic carbocycles. The van der Waals surface area contributed by atoms with Crippen molar-refractivity contribution in [3.8, 4) is 0 Å². The Morgan fingerprint density at radius 1 is 0.562 bits per heavy atom. The monoisotopic (exact) mass is 765 g/mol. The Morgan fingerprint density at radius 2 is 0.844 bits per heavy atom. The Morgan fingerprint density at radius 3 is 1.16 bits per heavy atom. The minimum atomic E-state index is -1.36. The first-order chi connectivity index (χ1) is 12.9. The maximum absolute atomic E-state index is 11.6.